The number of carbonyl (C=O) groups excluding carboxylic acids is 1. The molecule has 4 aromatic carbocycles. The van der Waals surface area contributed by atoms with Gasteiger partial charge in [-0.25, -0.2) is 14.3 Å². The smallest absolute Gasteiger partial charge is 0.414 e. The van der Waals surface area contributed by atoms with Crippen LogP contribution in [0.3, 0.4) is 0 Å². The first-order valence-corrected chi connectivity index (χ1v) is 14.5. The van der Waals surface area contributed by atoms with Gasteiger partial charge in [0.2, 0.25) is 0 Å². The number of para-hydroxylation sites is 2. The van der Waals surface area contributed by atoms with Crippen molar-refractivity contribution in [3.63, 3.8) is 0 Å². The molecule has 0 fully saturated rings. The van der Waals surface area contributed by atoms with Crippen molar-refractivity contribution in [3.8, 4) is 11.5 Å². The quantitative estimate of drug-likeness (QED) is 0.185. The van der Waals surface area contributed by atoms with Gasteiger partial charge >= 0.3 is 13.6 Å². The minimum atomic E-state index is -4.19. The number of urea groups is 1. The van der Waals surface area contributed by atoms with Gasteiger partial charge < -0.3 is 14.4 Å². The van der Waals surface area contributed by atoms with E-state index >= 15 is 0 Å². The van der Waals surface area contributed by atoms with E-state index in [1.165, 1.54) is 11.3 Å². The van der Waals surface area contributed by atoms with Crippen molar-refractivity contribution in [2.24, 2.45) is 0 Å². The van der Waals surface area contributed by atoms with Crippen LogP contribution < -0.4 is 19.7 Å². The molecule has 1 heterocycles. The molecule has 0 aliphatic rings. The van der Waals surface area contributed by atoms with Crippen LogP contribution >= 0.6 is 30.5 Å². The van der Waals surface area contributed by atoms with Crippen LogP contribution in [0.2, 0.25) is 5.02 Å². The first-order valence-electron chi connectivity index (χ1n) is 11.7. The Kier molecular flexibility index (Phi) is 7.65. The van der Waals surface area contributed by atoms with E-state index in [-0.39, 0.29) is 0 Å². The van der Waals surface area contributed by atoms with Gasteiger partial charge in [-0.2, -0.15) is 0 Å². The average Bonchev–Trinajstić information content (AvgIpc) is 3.30. The first-order chi connectivity index (χ1) is 18.4. The Balaban J connectivity index is 1.51. The fraction of sp³-hybridized carbons (Fsp3) is 0.0714. The number of hydrogen-bond acceptors (Lipinski definition) is 6. The van der Waals surface area contributed by atoms with Crippen LogP contribution in [0.1, 0.15) is 16.9 Å². The zero-order valence-electron chi connectivity index (χ0n) is 20.2. The van der Waals surface area contributed by atoms with E-state index in [9.17, 15) is 9.36 Å². The molecule has 10 heteroatoms. The second-order valence-corrected chi connectivity index (χ2v) is 11.8. The molecule has 1 atom stereocenters. The predicted molar refractivity (Wildman–Crippen MR) is 152 cm³/mol. The summed E-state index contributed by atoms with van der Waals surface area (Å²) >= 11 is 7.87. The van der Waals surface area contributed by atoms with Gasteiger partial charge in [0.15, 0.2) is 10.9 Å². The second kappa shape index (κ2) is 11.3. The van der Waals surface area contributed by atoms with Crippen LogP contribution in [-0.2, 0) is 4.57 Å². The number of carbonyl (C=O) groups is 1. The van der Waals surface area contributed by atoms with Gasteiger partial charge in [0.1, 0.15) is 11.5 Å². The predicted octanol–water partition coefficient (Wildman–Crippen LogP) is 8.43. The molecule has 192 valence electrons. The van der Waals surface area contributed by atoms with Gasteiger partial charge in [0.05, 0.1) is 10.2 Å². The van der Waals surface area contributed by atoms with Crippen LogP contribution in [0.4, 0.5) is 9.93 Å². The Morgan fingerprint density at radius 2 is 1.50 bits per heavy atom. The summed E-state index contributed by atoms with van der Waals surface area (Å²) in [6.45, 7) is 1.99. The van der Waals surface area contributed by atoms with E-state index < -0.39 is 19.4 Å². The minimum Gasteiger partial charge on any atom is -0.414 e. The van der Waals surface area contributed by atoms with Crippen LogP contribution in [-0.4, -0.2) is 11.0 Å². The molecular weight excluding hydrogens is 541 g/mol. The molecule has 0 bridgehead atoms. The highest BCUT2D eigenvalue weighted by atomic mass is 35.5. The zero-order chi connectivity index (χ0) is 26.5. The highest BCUT2D eigenvalue weighted by molar-refractivity contribution is 7.55. The molecule has 1 aromatic heterocycles. The van der Waals surface area contributed by atoms with Crippen LogP contribution in [0.25, 0.3) is 10.2 Å². The van der Waals surface area contributed by atoms with E-state index in [0.29, 0.717) is 27.2 Å². The van der Waals surface area contributed by atoms with E-state index in [1.54, 1.807) is 72.8 Å². The van der Waals surface area contributed by atoms with Crippen molar-refractivity contribution in [1.82, 2.24) is 10.3 Å². The van der Waals surface area contributed by atoms with Gasteiger partial charge in [-0.1, -0.05) is 83.6 Å². The molecular formula is C28H23ClN3O4PS. The molecule has 0 spiro atoms. The minimum absolute atomic E-state index is 0.293. The Hall–Kier alpha value is -3.84. The molecule has 5 aromatic rings. The molecule has 38 heavy (non-hydrogen) atoms. The summed E-state index contributed by atoms with van der Waals surface area (Å²) in [5.41, 5.74) is 2.23. The van der Waals surface area contributed by atoms with Crippen LogP contribution in [0, 0.1) is 6.92 Å². The number of nitrogens with zero attached hydrogens (tertiary/aromatic N) is 1. The lowest BCUT2D eigenvalue weighted by Gasteiger charge is -2.29. The molecule has 0 saturated heterocycles. The Bertz CT molecular complexity index is 1570. The highest BCUT2D eigenvalue weighted by Crippen LogP contribution is 2.59. The number of aromatic nitrogens is 1. The summed E-state index contributed by atoms with van der Waals surface area (Å²) in [6, 6.07) is 29.3. The maximum Gasteiger partial charge on any atom is 0.457 e. The topological polar surface area (TPSA) is 89.6 Å². The van der Waals surface area contributed by atoms with E-state index in [4.69, 9.17) is 20.6 Å². The summed E-state index contributed by atoms with van der Waals surface area (Å²) in [4.78, 5) is 17.7. The first kappa shape index (κ1) is 25.8. The van der Waals surface area contributed by atoms with Crippen LogP contribution in [0.5, 0.6) is 11.5 Å². The second-order valence-electron chi connectivity index (χ2n) is 8.36. The molecule has 2 amide bonds. The maximum absolute atomic E-state index is 14.6. The van der Waals surface area contributed by atoms with E-state index in [2.05, 4.69) is 15.6 Å². The lowest BCUT2D eigenvalue weighted by atomic mass is 10.2. The Morgan fingerprint density at radius 1 is 0.895 bits per heavy atom. The number of aryl methyl sites for hydroxylation is 1. The number of thiazole rings is 1. The number of fused-ring (bicyclic) bond motifs is 1. The zero-order valence-corrected chi connectivity index (χ0v) is 22.7. The number of rotatable bonds is 8. The lowest BCUT2D eigenvalue weighted by molar-refractivity contribution is 0.249. The number of halogens is 1. The number of anilines is 1. The van der Waals surface area contributed by atoms with Gasteiger partial charge in [-0.05, 0) is 55.0 Å². The normalized spacial score (nSPS) is 12.1. The molecule has 1 unspecified atom stereocenters. The largest absolute Gasteiger partial charge is 0.457 e. The monoisotopic (exact) mass is 563 g/mol. The average molecular weight is 564 g/mol. The number of hydrogen-bond donors (Lipinski definition) is 2. The summed E-state index contributed by atoms with van der Waals surface area (Å²) in [6.07, 6.45) is 0. The fourth-order valence-corrected chi connectivity index (χ4v) is 6.95. The van der Waals surface area contributed by atoms with Crippen molar-refractivity contribution >= 4 is 51.9 Å². The number of nitrogens with one attached hydrogen (secondary N) is 2. The van der Waals surface area contributed by atoms with E-state index in [0.717, 1.165) is 15.8 Å². The summed E-state index contributed by atoms with van der Waals surface area (Å²) < 4.78 is 27.6. The fourth-order valence-electron chi connectivity index (χ4n) is 3.75. The maximum atomic E-state index is 14.6. The number of amides is 2. The van der Waals surface area contributed by atoms with Crippen molar-refractivity contribution in [1.29, 1.82) is 0 Å². The molecule has 5 rings (SSSR count). The molecule has 2 N–H and O–H groups in total. The van der Waals surface area contributed by atoms with Crippen LogP contribution in [0.15, 0.2) is 103 Å². The third kappa shape index (κ3) is 6.00. The number of benzene rings is 4. The molecule has 0 aliphatic carbocycles. The standard InChI is InChI=1S/C28H23ClN3O4PS/c1-19-16-17-24-25(18-19)38-28(30-24)32-27(33)31-26(22-14-8-9-15-23(22)29)37(34,35-20-10-4-2-5-11-20)36-21-12-6-3-7-13-21/h2-18,26H,1H3,(H2,30,31,32,33). The van der Waals surface area contributed by atoms with Crippen molar-refractivity contribution in [2.45, 2.75) is 12.7 Å². The summed E-state index contributed by atoms with van der Waals surface area (Å²) in [7, 11) is -4.19. The van der Waals surface area contributed by atoms with Crippen molar-refractivity contribution in [3.05, 3.63) is 119 Å². The molecule has 0 aliphatic heterocycles. The summed E-state index contributed by atoms with van der Waals surface area (Å²) in [5.74, 6) is -0.631. The Morgan fingerprint density at radius 3 is 2.13 bits per heavy atom. The lowest BCUT2D eigenvalue weighted by Crippen LogP contribution is -2.34. The van der Waals surface area contributed by atoms with Gasteiger partial charge in [-0.15, -0.1) is 0 Å². The van der Waals surface area contributed by atoms with Crippen molar-refractivity contribution in [2.75, 3.05) is 5.32 Å². The third-order valence-corrected chi connectivity index (χ3v) is 8.75. The van der Waals surface area contributed by atoms with Gasteiger partial charge in [-0.3, -0.25) is 5.32 Å². The highest BCUT2D eigenvalue weighted by Gasteiger charge is 2.43. The third-order valence-electron chi connectivity index (χ3n) is 5.50. The molecule has 0 saturated carbocycles. The Labute approximate surface area is 228 Å². The summed E-state index contributed by atoms with van der Waals surface area (Å²) in [5, 5.41) is 6.22. The van der Waals surface area contributed by atoms with E-state index in [1.807, 2.05) is 37.3 Å². The molecule has 7 nitrogen and oxygen atoms in total. The van der Waals surface area contributed by atoms with Gasteiger partial charge in [0.25, 0.3) is 0 Å². The van der Waals surface area contributed by atoms with Gasteiger partial charge in [0, 0.05) is 10.6 Å². The van der Waals surface area contributed by atoms with Crippen molar-refractivity contribution < 1.29 is 18.4 Å². The SMILES string of the molecule is Cc1ccc2nc(NC(=O)NC(c3ccccc3Cl)P(=O)(Oc3ccccc3)Oc3ccccc3)sc2c1. The molecule has 0 radical (unpaired) electrons.